The second-order valence-corrected chi connectivity index (χ2v) is 11.0. The number of piperazine rings is 1. The third-order valence-electron chi connectivity index (χ3n) is 6.69. The number of nitrogens with zero attached hydrogens (tertiary/aromatic N) is 5. The Bertz CT molecular complexity index is 1280. The molecule has 0 bridgehead atoms. The first-order valence-electron chi connectivity index (χ1n) is 12.0. The molecule has 3 heterocycles. The maximum atomic E-state index is 13.0. The molecule has 0 radical (unpaired) electrons. The van der Waals surface area contributed by atoms with Gasteiger partial charge in [0.25, 0.3) is 5.91 Å². The van der Waals surface area contributed by atoms with E-state index in [9.17, 15) is 13.2 Å². The zero-order valence-electron chi connectivity index (χ0n) is 19.8. The van der Waals surface area contributed by atoms with Gasteiger partial charge in [-0.15, -0.1) is 10.2 Å². The lowest BCUT2D eigenvalue weighted by Gasteiger charge is -2.35. The fourth-order valence-corrected chi connectivity index (χ4v) is 6.06. The molecule has 1 aromatic heterocycles. The number of carbonyl (C=O) groups excluding carboxylic acids is 1. The summed E-state index contributed by atoms with van der Waals surface area (Å²) < 4.78 is 26.9. The Balaban J connectivity index is 1.19. The number of amides is 1. The lowest BCUT2D eigenvalue weighted by Crippen LogP contribution is -2.49. The molecule has 0 N–H and O–H groups in total. The summed E-state index contributed by atoms with van der Waals surface area (Å²) in [5.74, 6) is 0.708. The van der Waals surface area contributed by atoms with Crippen LogP contribution in [-0.2, 0) is 10.0 Å². The van der Waals surface area contributed by atoms with Gasteiger partial charge in [0.15, 0.2) is 5.82 Å². The van der Waals surface area contributed by atoms with E-state index in [1.807, 2.05) is 24.3 Å². The molecule has 2 fully saturated rings. The quantitative estimate of drug-likeness (QED) is 0.545. The number of anilines is 1. The van der Waals surface area contributed by atoms with Crippen LogP contribution in [0.15, 0.2) is 65.6 Å². The highest BCUT2D eigenvalue weighted by Crippen LogP contribution is 2.23. The van der Waals surface area contributed by atoms with Crippen molar-refractivity contribution in [2.75, 3.05) is 44.2 Å². The van der Waals surface area contributed by atoms with Gasteiger partial charge < -0.3 is 9.80 Å². The van der Waals surface area contributed by atoms with Crippen LogP contribution >= 0.6 is 0 Å². The summed E-state index contributed by atoms with van der Waals surface area (Å²) in [7, 11) is -3.48. The Labute approximate surface area is 206 Å². The highest BCUT2D eigenvalue weighted by Gasteiger charge is 2.28. The minimum atomic E-state index is -3.48. The zero-order chi connectivity index (χ0) is 24.4. The molecule has 2 saturated heterocycles. The maximum absolute atomic E-state index is 13.0. The molecule has 0 saturated carbocycles. The van der Waals surface area contributed by atoms with Gasteiger partial charge in [0, 0.05) is 50.4 Å². The Hall–Kier alpha value is -3.30. The third kappa shape index (κ3) is 4.92. The fourth-order valence-electron chi connectivity index (χ4n) is 4.54. The lowest BCUT2D eigenvalue weighted by atomic mass is 10.1. The minimum absolute atomic E-state index is 0.0874. The van der Waals surface area contributed by atoms with Gasteiger partial charge >= 0.3 is 0 Å². The van der Waals surface area contributed by atoms with Gasteiger partial charge in [-0.05, 0) is 56.2 Å². The fraction of sp³-hybridized carbons (Fsp3) is 0.346. The lowest BCUT2D eigenvalue weighted by molar-refractivity contribution is 0.0746. The zero-order valence-corrected chi connectivity index (χ0v) is 20.6. The van der Waals surface area contributed by atoms with Crippen LogP contribution in [0.1, 0.15) is 28.8 Å². The first-order valence-corrected chi connectivity index (χ1v) is 13.4. The molecule has 0 aliphatic carbocycles. The second-order valence-electron chi connectivity index (χ2n) is 9.06. The summed E-state index contributed by atoms with van der Waals surface area (Å²) in [6.45, 7) is 5.62. The molecule has 1 amide bonds. The number of benzene rings is 2. The van der Waals surface area contributed by atoms with Crippen LogP contribution in [0.2, 0.25) is 0 Å². The monoisotopic (exact) mass is 491 g/mol. The molecule has 0 spiro atoms. The number of rotatable bonds is 5. The Morgan fingerprint density at radius 1 is 0.771 bits per heavy atom. The van der Waals surface area contributed by atoms with E-state index >= 15 is 0 Å². The minimum Gasteiger partial charge on any atom is -0.352 e. The first-order chi connectivity index (χ1) is 16.9. The molecular weight excluding hydrogens is 462 g/mol. The van der Waals surface area contributed by atoms with E-state index in [2.05, 4.69) is 34.2 Å². The summed E-state index contributed by atoms with van der Waals surface area (Å²) in [5, 5.41) is 8.79. The van der Waals surface area contributed by atoms with Crippen LogP contribution in [-0.4, -0.2) is 73.0 Å². The molecule has 3 aromatic rings. The molecule has 5 rings (SSSR count). The second kappa shape index (κ2) is 9.75. The summed E-state index contributed by atoms with van der Waals surface area (Å²) in [6, 6.07) is 18.5. The topological polar surface area (TPSA) is 86.7 Å². The van der Waals surface area contributed by atoms with Crippen molar-refractivity contribution in [3.63, 3.8) is 0 Å². The third-order valence-corrected chi connectivity index (χ3v) is 8.61. The molecule has 8 nitrogen and oxygen atoms in total. The summed E-state index contributed by atoms with van der Waals surface area (Å²) in [4.78, 5) is 17.2. The van der Waals surface area contributed by atoms with E-state index in [-0.39, 0.29) is 10.8 Å². The van der Waals surface area contributed by atoms with E-state index in [1.165, 1.54) is 9.87 Å². The average molecular weight is 492 g/mol. The predicted octanol–water partition coefficient (Wildman–Crippen LogP) is 3.20. The molecule has 35 heavy (non-hydrogen) atoms. The van der Waals surface area contributed by atoms with E-state index in [0.29, 0.717) is 44.8 Å². The van der Waals surface area contributed by atoms with Crippen LogP contribution in [0.25, 0.3) is 11.3 Å². The smallest absolute Gasteiger partial charge is 0.253 e. The van der Waals surface area contributed by atoms with Crippen molar-refractivity contribution in [2.45, 2.75) is 24.7 Å². The van der Waals surface area contributed by atoms with Crippen LogP contribution in [0.4, 0.5) is 5.82 Å². The van der Waals surface area contributed by atoms with Crippen molar-refractivity contribution in [1.82, 2.24) is 19.4 Å². The number of carbonyl (C=O) groups is 1. The van der Waals surface area contributed by atoms with Gasteiger partial charge in [-0.2, -0.15) is 4.31 Å². The number of aryl methyl sites for hydroxylation is 1. The van der Waals surface area contributed by atoms with E-state index in [1.54, 1.807) is 29.2 Å². The van der Waals surface area contributed by atoms with Crippen molar-refractivity contribution >= 4 is 21.7 Å². The molecule has 182 valence electrons. The number of sulfonamides is 1. The van der Waals surface area contributed by atoms with Gasteiger partial charge in [-0.1, -0.05) is 29.8 Å². The van der Waals surface area contributed by atoms with Gasteiger partial charge in [0.05, 0.1) is 10.6 Å². The molecule has 0 unspecified atom stereocenters. The molecule has 0 atom stereocenters. The van der Waals surface area contributed by atoms with Gasteiger partial charge in [-0.25, -0.2) is 8.42 Å². The summed E-state index contributed by atoms with van der Waals surface area (Å²) in [5.41, 5.74) is 3.57. The van der Waals surface area contributed by atoms with Gasteiger partial charge in [0.2, 0.25) is 10.0 Å². The average Bonchev–Trinajstić information content (AvgIpc) is 3.45. The van der Waals surface area contributed by atoms with Crippen molar-refractivity contribution in [1.29, 1.82) is 0 Å². The molecular formula is C26H29N5O3S. The Morgan fingerprint density at radius 3 is 2.03 bits per heavy atom. The molecule has 9 heteroatoms. The molecule has 2 aromatic carbocycles. The standard InChI is InChI=1S/C26H29N5O3S/c1-20-4-6-21(7-5-20)24-12-13-25(28-27-24)29-16-18-30(19-17-29)26(32)22-8-10-23(11-9-22)35(33,34)31-14-2-3-15-31/h4-13H,2-3,14-19H2,1H3. The van der Waals surface area contributed by atoms with Crippen LogP contribution in [0.5, 0.6) is 0 Å². The van der Waals surface area contributed by atoms with E-state index in [4.69, 9.17) is 0 Å². The van der Waals surface area contributed by atoms with Gasteiger partial charge in [-0.3, -0.25) is 4.79 Å². The first kappa shape index (κ1) is 23.4. The highest BCUT2D eigenvalue weighted by molar-refractivity contribution is 7.89. The molecule has 2 aliphatic rings. The normalized spacial score (nSPS) is 17.1. The summed E-state index contributed by atoms with van der Waals surface area (Å²) >= 11 is 0. The highest BCUT2D eigenvalue weighted by atomic mass is 32.2. The largest absolute Gasteiger partial charge is 0.352 e. The van der Waals surface area contributed by atoms with Crippen molar-refractivity contribution in [3.05, 3.63) is 71.8 Å². The van der Waals surface area contributed by atoms with E-state index in [0.717, 1.165) is 29.9 Å². The predicted molar refractivity (Wildman–Crippen MR) is 135 cm³/mol. The SMILES string of the molecule is Cc1ccc(-c2ccc(N3CCN(C(=O)c4ccc(S(=O)(=O)N5CCCC5)cc4)CC3)nn2)cc1. The Morgan fingerprint density at radius 2 is 1.43 bits per heavy atom. The van der Waals surface area contributed by atoms with Gasteiger partial charge in [0.1, 0.15) is 0 Å². The van der Waals surface area contributed by atoms with E-state index < -0.39 is 10.0 Å². The molecule has 2 aliphatic heterocycles. The Kier molecular flexibility index (Phi) is 6.53. The number of hydrogen-bond donors (Lipinski definition) is 0. The number of hydrogen-bond acceptors (Lipinski definition) is 6. The number of aromatic nitrogens is 2. The summed E-state index contributed by atoms with van der Waals surface area (Å²) in [6.07, 6.45) is 1.79. The van der Waals surface area contributed by atoms with Crippen molar-refractivity contribution < 1.29 is 13.2 Å². The van der Waals surface area contributed by atoms with Crippen molar-refractivity contribution in [3.8, 4) is 11.3 Å². The van der Waals surface area contributed by atoms with Crippen LogP contribution in [0, 0.1) is 6.92 Å². The van der Waals surface area contributed by atoms with Crippen LogP contribution < -0.4 is 4.90 Å². The maximum Gasteiger partial charge on any atom is 0.253 e. The van der Waals surface area contributed by atoms with Crippen LogP contribution in [0.3, 0.4) is 0 Å². The van der Waals surface area contributed by atoms with Crippen molar-refractivity contribution in [2.24, 2.45) is 0 Å².